The number of hydrogen-bond acceptors (Lipinski definition) is 8. The Hall–Kier alpha value is -3.76. The van der Waals surface area contributed by atoms with E-state index in [2.05, 4.69) is 15.1 Å². The van der Waals surface area contributed by atoms with Gasteiger partial charge in [0.1, 0.15) is 6.04 Å². The number of amides is 3. The molecule has 1 fully saturated rings. The van der Waals surface area contributed by atoms with Crippen molar-refractivity contribution in [2.75, 3.05) is 42.6 Å². The second-order valence-electron chi connectivity index (χ2n) is 10.4. The highest BCUT2D eigenvalue weighted by molar-refractivity contribution is 6.37. The van der Waals surface area contributed by atoms with Gasteiger partial charge in [0.05, 0.1) is 55.4 Å². The zero-order chi connectivity index (χ0) is 31.0. The minimum absolute atomic E-state index is 0.00663. The molecular weight excluding hydrogens is 576 g/mol. The van der Waals surface area contributed by atoms with Crippen LogP contribution >= 0.6 is 0 Å². The molecule has 42 heavy (non-hydrogen) atoms. The van der Waals surface area contributed by atoms with E-state index in [9.17, 15) is 40.7 Å². The molecule has 1 aromatic rings. The molecule has 230 valence electrons. The first-order valence-electron chi connectivity index (χ1n) is 13.1. The van der Waals surface area contributed by atoms with Crippen LogP contribution < -0.4 is 15.2 Å². The molecule has 1 aromatic heterocycles. The third-order valence-corrected chi connectivity index (χ3v) is 6.92. The van der Waals surface area contributed by atoms with Gasteiger partial charge in [-0.05, 0) is 26.8 Å². The van der Waals surface area contributed by atoms with Gasteiger partial charge < -0.3 is 19.4 Å². The molecule has 1 saturated heterocycles. The lowest BCUT2D eigenvalue weighted by atomic mass is 10.0. The fourth-order valence-corrected chi connectivity index (χ4v) is 5.01. The van der Waals surface area contributed by atoms with Crippen LogP contribution in [0.3, 0.4) is 0 Å². The van der Waals surface area contributed by atoms with Crippen molar-refractivity contribution in [2.24, 2.45) is 16.0 Å². The predicted octanol–water partition coefficient (Wildman–Crippen LogP) is 2.40. The Morgan fingerprint density at radius 1 is 1.17 bits per heavy atom. The number of nitrogens with one attached hydrogen (secondary N) is 1. The average Bonchev–Trinajstić information content (AvgIpc) is 2.89. The highest BCUT2D eigenvalue weighted by Gasteiger charge is 2.49. The minimum Gasteiger partial charge on any atom is -0.379 e. The van der Waals surface area contributed by atoms with Crippen molar-refractivity contribution in [2.45, 2.75) is 57.7 Å². The van der Waals surface area contributed by atoms with E-state index in [1.54, 1.807) is 24.2 Å². The number of pyridine rings is 1. The Labute approximate surface area is 236 Å². The van der Waals surface area contributed by atoms with Gasteiger partial charge in [-0.3, -0.25) is 19.4 Å². The third-order valence-electron chi connectivity index (χ3n) is 6.92. The number of piperazine rings is 1. The third kappa shape index (κ3) is 6.50. The zero-order valence-electron chi connectivity index (χ0n) is 22.9. The number of alkyl halides is 6. The van der Waals surface area contributed by atoms with Crippen LogP contribution in [0.25, 0.3) is 0 Å². The van der Waals surface area contributed by atoms with E-state index in [0.717, 1.165) is 18.5 Å². The number of nitrogens with zero attached hydrogens (tertiary/aromatic N) is 6. The standard InChI is InChI=1S/C25H29F6N7O4/c1-13(2)38-17-8-15(24(26,27)28)9-32-21(17)37-6-5-36(11-18(37)23(38)41)19(39)4-7-42-12-14(3)34-16-10-33-35-22(40)20(16)25(29,30)31/h8-10,13-14,18,20H,4-7,11-12H2,1-3H3,(H,35,40)/t14-,18-,20?/m0/s1. The predicted molar refractivity (Wildman–Crippen MR) is 138 cm³/mol. The van der Waals surface area contributed by atoms with Crippen LogP contribution in [0, 0.1) is 5.92 Å². The Bertz CT molecular complexity index is 1280. The molecule has 0 bridgehead atoms. The van der Waals surface area contributed by atoms with E-state index in [1.165, 1.54) is 16.7 Å². The monoisotopic (exact) mass is 605 g/mol. The van der Waals surface area contributed by atoms with Crippen LogP contribution in [0.5, 0.6) is 0 Å². The fourth-order valence-electron chi connectivity index (χ4n) is 5.01. The van der Waals surface area contributed by atoms with Crippen LogP contribution in [0.15, 0.2) is 22.4 Å². The highest BCUT2D eigenvalue weighted by atomic mass is 19.4. The van der Waals surface area contributed by atoms with Crippen molar-refractivity contribution >= 4 is 41.2 Å². The number of aliphatic imine (C=N–C) groups is 1. The summed E-state index contributed by atoms with van der Waals surface area (Å²) in [5.74, 6) is -4.32. The average molecular weight is 606 g/mol. The summed E-state index contributed by atoms with van der Waals surface area (Å²) in [5.41, 5.74) is 0.313. The molecule has 17 heteroatoms. The van der Waals surface area contributed by atoms with Gasteiger partial charge in [0.2, 0.25) is 5.91 Å². The van der Waals surface area contributed by atoms with Gasteiger partial charge in [0.15, 0.2) is 11.7 Å². The number of aromatic nitrogens is 1. The molecule has 1 N–H and O–H groups in total. The number of fused-ring (bicyclic) bond motifs is 3. The van der Waals surface area contributed by atoms with E-state index in [1.807, 2.05) is 0 Å². The number of hydrazone groups is 1. The molecule has 0 spiro atoms. The maximum absolute atomic E-state index is 13.4. The Morgan fingerprint density at radius 3 is 2.52 bits per heavy atom. The number of carbonyl (C=O) groups is 3. The second kappa shape index (κ2) is 11.9. The summed E-state index contributed by atoms with van der Waals surface area (Å²) in [6, 6.07) is -1.16. The van der Waals surface area contributed by atoms with Crippen LogP contribution in [-0.2, 0) is 25.3 Å². The summed E-state index contributed by atoms with van der Waals surface area (Å²) in [6.07, 6.45) is -8.01. The molecule has 4 rings (SSSR count). The molecule has 1 unspecified atom stereocenters. The molecule has 0 aromatic carbocycles. The van der Waals surface area contributed by atoms with Crippen LogP contribution in [0.4, 0.5) is 37.8 Å². The Balaban J connectivity index is 1.35. The summed E-state index contributed by atoms with van der Waals surface area (Å²) in [4.78, 5) is 50.2. The van der Waals surface area contributed by atoms with Crippen LogP contribution in [-0.4, -0.2) is 96.7 Å². The summed E-state index contributed by atoms with van der Waals surface area (Å²) < 4.78 is 85.1. The molecule has 3 atom stereocenters. The van der Waals surface area contributed by atoms with Crippen molar-refractivity contribution < 1.29 is 45.5 Å². The number of hydrogen-bond donors (Lipinski definition) is 1. The van der Waals surface area contributed by atoms with Crippen molar-refractivity contribution in [1.29, 1.82) is 0 Å². The van der Waals surface area contributed by atoms with Crippen molar-refractivity contribution in [3.05, 3.63) is 17.8 Å². The largest absolute Gasteiger partial charge is 0.417 e. The lowest BCUT2D eigenvalue weighted by molar-refractivity contribution is -0.168. The molecule has 3 amide bonds. The first kappa shape index (κ1) is 31.2. The van der Waals surface area contributed by atoms with Crippen molar-refractivity contribution in [3.63, 3.8) is 0 Å². The van der Waals surface area contributed by atoms with Gasteiger partial charge in [0.25, 0.3) is 11.8 Å². The topological polar surface area (TPSA) is 120 Å². The smallest absolute Gasteiger partial charge is 0.379 e. The van der Waals surface area contributed by atoms with E-state index in [4.69, 9.17) is 4.74 Å². The van der Waals surface area contributed by atoms with E-state index in [-0.39, 0.29) is 56.7 Å². The van der Waals surface area contributed by atoms with Gasteiger partial charge in [0, 0.05) is 25.3 Å². The Morgan fingerprint density at radius 2 is 1.88 bits per heavy atom. The maximum atomic E-state index is 13.4. The first-order chi connectivity index (χ1) is 19.6. The number of rotatable bonds is 7. The van der Waals surface area contributed by atoms with Gasteiger partial charge >= 0.3 is 12.4 Å². The minimum atomic E-state index is -4.84. The summed E-state index contributed by atoms with van der Waals surface area (Å²) in [7, 11) is 0. The van der Waals surface area contributed by atoms with Gasteiger partial charge in [-0.2, -0.15) is 31.4 Å². The molecule has 11 nitrogen and oxygen atoms in total. The number of anilines is 2. The van der Waals surface area contributed by atoms with Gasteiger partial charge in [-0.25, -0.2) is 10.4 Å². The summed E-state index contributed by atoms with van der Waals surface area (Å²) in [6.45, 7) is 4.98. The van der Waals surface area contributed by atoms with Crippen LogP contribution in [0.2, 0.25) is 0 Å². The number of ether oxygens (including phenoxy) is 1. The molecule has 3 aliphatic heterocycles. The fraction of sp³-hybridized carbons (Fsp3) is 0.600. The molecule has 0 aliphatic carbocycles. The number of halogens is 6. The summed E-state index contributed by atoms with van der Waals surface area (Å²) in [5, 5.41) is 3.38. The summed E-state index contributed by atoms with van der Waals surface area (Å²) >= 11 is 0. The maximum Gasteiger partial charge on any atom is 0.417 e. The first-order valence-corrected chi connectivity index (χ1v) is 13.1. The Kier molecular flexibility index (Phi) is 8.80. The van der Waals surface area contributed by atoms with E-state index in [0.29, 0.717) is 0 Å². The van der Waals surface area contributed by atoms with E-state index >= 15 is 0 Å². The van der Waals surface area contributed by atoms with Gasteiger partial charge in [-0.15, -0.1) is 0 Å². The van der Waals surface area contributed by atoms with Crippen LogP contribution in [0.1, 0.15) is 32.8 Å². The number of carbonyl (C=O) groups excluding carboxylic acids is 3. The van der Waals surface area contributed by atoms with Crippen molar-refractivity contribution in [3.8, 4) is 0 Å². The lowest BCUT2D eigenvalue weighted by Crippen LogP contribution is -2.64. The van der Waals surface area contributed by atoms with E-state index < -0.39 is 59.5 Å². The normalized spacial score (nSPS) is 22.8. The van der Waals surface area contributed by atoms with Crippen molar-refractivity contribution in [1.82, 2.24) is 15.3 Å². The zero-order valence-corrected chi connectivity index (χ0v) is 22.9. The molecule has 0 saturated carbocycles. The molecule has 4 heterocycles. The highest BCUT2D eigenvalue weighted by Crippen LogP contribution is 2.40. The van der Waals surface area contributed by atoms with Gasteiger partial charge in [-0.1, -0.05) is 0 Å². The molecular formula is C25H29F6N7O4. The molecule has 0 radical (unpaired) electrons. The quantitative estimate of drug-likeness (QED) is 0.377. The second-order valence-corrected chi connectivity index (χ2v) is 10.4. The lowest BCUT2D eigenvalue weighted by Gasteiger charge is -2.48. The SMILES string of the molecule is CC(C)N1C(=O)[C@@H]2CN(C(=O)CCOC[C@H](C)N=C3C=NNC(=O)C3C(F)(F)F)CCN2c2ncc(C(F)(F)F)cc21. The molecule has 3 aliphatic rings.